The molecule has 2 aromatic rings. The third kappa shape index (κ3) is 3.53. The fourth-order valence-corrected chi connectivity index (χ4v) is 3.96. The van der Waals surface area contributed by atoms with Crippen molar-refractivity contribution in [2.45, 2.75) is 26.9 Å². The quantitative estimate of drug-likeness (QED) is 0.675. The number of nitrogens with zero attached hydrogens (tertiary/aromatic N) is 2. The maximum atomic E-state index is 13.0. The summed E-state index contributed by atoms with van der Waals surface area (Å²) in [6, 6.07) is 6.87. The number of aromatic nitrogens is 1. The Morgan fingerprint density at radius 3 is 2.44 bits per heavy atom. The van der Waals surface area contributed by atoms with Crippen LogP contribution in [0.4, 0.5) is 18.0 Å². The molecule has 0 unspecified atom stereocenters. The molecule has 0 saturated carbocycles. The molecule has 1 aliphatic rings. The largest absolute Gasteiger partial charge is 0.416 e. The SMILES string of the molecule is CCN1C(=O)S/C(=C\c2cc(C)n(-c3cccc(C(F)(F)F)c3)c2C)C1=O. The van der Waals surface area contributed by atoms with Crippen LogP contribution in [0.2, 0.25) is 0 Å². The second-order valence-electron chi connectivity index (χ2n) is 6.14. The van der Waals surface area contributed by atoms with Gasteiger partial charge in [0.2, 0.25) is 0 Å². The second kappa shape index (κ2) is 6.92. The van der Waals surface area contributed by atoms with Crippen LogP contribution in [-0.4, -0.2) is 27.2 Å². The van der Waals surface area contributed by atoms with Gasteiger partial charge in [0.1, 0.15) is 0 Å². The zero-order valence-corrected chi connectivity index (χ0v) is 15.7. The monoisotopic (exact) mass is 394 g/mol. The number of likely N-dealkylation sites (N-methyl/N-ethyl adjacent to an activating group) is 1. The van der Waals surface area contributed by atoms with Crippen LogP contribution in [-0.2, 0) is 11.0 Å². The standard InChI is InChI=1S/C19H17F3N2O2S/c1-4-23-17(25)16(27-18(23)26)9-13-8-11(2)24(12(13)3)15-7-5-6-14(10-15)19(20,21)22/h5-10H,4H2,1-3H3/b16-9-. The summed E-state index contributed by atoms with van der Waals surface area (Å²) in [6.45, 7) is 5.57. The first-order valence-corrected chi connectivity index (χ1v) is 9.07. The maximum Gasteiger partial charge on any atom is 0.416 e. The molecule has 1 aromatic heterocycles. The van der Waals surface area contributed by atoms with Crippen molar-refractivity contribution >= 4 is 29.0 Å². The predicted octanol–water partition coefficient (Wildman–Crippen LogP) is 5.17. The Labute approximate surface area is 158 Å². The van der Waals surface area contributed by atoms with Crippen molar-refractivity contribution in [1.29, 1.82) is 0 Å². The first-order valence-electron chi connectivity index (χ1n) is 8.25. The maximum absolute atomic E-state index is 13.0. The Hall–Kier alpha value is -2.48. The van der Waals surface area contributed by atoms with E-state index in [1.54, 1.807) is 43.5 Å². The number of thioether (sulfide) groups is 1. The van der Waals surface area contributed by atoms with Gasteiger partial charge >= 0.3 is 6.18 Å². The Morgan fingerprint density at radius 2 is 1.85 bits per heavy atom. The summed E-state index contributed by atoms with van der Waals surface area (Å²) in [4.78, 5) is 25.6. The molecule has 1 aliphatic heterocycles. The van der Waals surface area contributed by atoms with E-state index in [0.717, 1.165) is 34.5 Å². The minimum absolute atomic E-state index is 0.297. The Bertz CT molecular complexity index is 960. The van der Waals surface area contributed by atoms with Gasteiger partial charge in [0, 0.05) is 23.6 Å². The number of alkyl halides is 3. The molecule has 4 nitrogen and oxygen atoms in total. The molecular weight excluding hydrogens is 377 g/mol. The van der Waals surface area contributed by atoms with Crippen LogP contribution in [0.3, 0.4) is 0 Å². The number of carbonyl (C=O) groups is 2. The summed E-state index contributed by atoms with van der Waals surface area (Å²) >= 11 is 0.867. The summed E-state index contributed by atoms with van der Waals surface area (Å²) in [6.07, 6.45) is -2.81. The van der Waals surface area contributed by atoms with Crippen LogP contribution in [0.25, 0.3) is 11.8 Å². The van der Waals surface area contributed by atoms with Crippen molar-refractivity contribution in [3.63, 3.8) is 0 Å². The topological polar surface area (TPSA) is 42.3 Å². The van der Waals surface area contributed by atoms with Gasteiger partial charge in [-0.2, -0.15) is 13.2 Å². The molecule has 2 amide bonds. The van der Waals surface area contributed by atoms with Crippen LogP contribution in [0.5, 0.6) is 0 Å². The van der Waals surface area contributed by atoms with E-state index in [4.69, 9.17) is 0 Å². The van der Waals surface area contributed by atoms with E-state index in [2.05, 4.69) is 0 Å². The molecule has 1 saturated heterocycles. The average molecular weight is 394 g/mol. The summed E-state index contributed by atoms with van der Waals surface area (Å²) in [5.41, 5.74) is 1.77. The number of aryl methyl sites for hydroxylation is 1. The molecule has 0 N–H and O–H groups in total. The molecular formula is C19H17F3N2O2S. The van der Waals surface area contributed by atoms with Crippen LogP contribution >= 0.6 is 11.8 Å². The van der Waals surface area contributed by atoms with Gasteiger partial charge in [0.15, 0.2) is 0 Å². The number of amides is 2. The highest BCUT2D eigenvalue weighted by Gasteiger charge is 2.34. The zero-order valence-electron chi connectivity index (χ0n) is 14.9. The number of carbonyl (C=O) groups excluding carboxylic acids is 2. The molecule has 142 valence electrons. The molecule has 2 heterocycles. The van der Waals surface area contributed by atoms with E-state index in [-0.39, 0.29) is 11.1 Å². The summed E-state index contributed by atoms with van der Waals surface area (Å²) in [5.74, 6) is -0.351. The van der Waals surface area contributed by atoms with Gasteiger partial charge in [-0.25, -0.2) is 0 Å². The van der Waals surface area contributed by atoms with Gasteiger partial charge < -0.3 is 4.57 Å². The third-order valence-corrected chi connectivity index (χ3v) is 5.29. The van der Waals surface area contributed by atoms with Gasteiger partial charge in [0.25, 0.3) is 11.1 Å². The van der Waals surface area contributed by atoms with Gasteiger partial charge in [-0.3, -0.25) is 14.5 Å². The lowest BCUT2D eigenvalue weighted by Gasteiger charge is -2.13. The average Bonchev–Trinajstić information content (AvgIpc) is 3.02. The number of halogens is 3. The lowest BCUT2D eigenvalue weighted by molar-refractivity contribution is -0.137. The van der Waals surface area contributed by atoms with Crippen molar-refractivity contribution in [2.75, 3.05) is 6.54 Å². The molecule has 0 radical (unpaired) electrons. The number of rotatable bonds is 3. The smallest absolute Gasteiger partial charge is 0.318 e. The molecule has 3 rings (SSSR count). The van der Waals surface area contributed by atoms with Crippen molar-refractivity contribution in [1.82, 2.24) is 9.47 Å². The highest BCUT2D eigenvalue weighted by Crippen LogP contribution is 2.34. The summed E-state index contributed by atoms with van der Waals surface area (Å²) in [5, 5.41) is -0.319. The Kier molecular flexibility index (Phi) is 4.94. The van der Waals surface area contributed by atoms with E-state index in [0.29, 0.717) is 28.4 Å². The van der Waals surface area contributed by atoms with Gasteiger partial charge in [-0.1, -0.05) is 6.07 Å². The van der Waals surface area contributed by atoms with Crippen LogP contribution in [0.1, 0.15) is 29.4 Å². The van der Waals surface area contributed by atoms with Crippen molar-refractivity contribution < 1.29 is 22.8 Å². The van der Waals surface area contributed by atoms with Crippen LogP contribution in [0, 0.1) is 13.8 Å². The summed E-state index contributed by atoms with van der Waals surface area (Å²) in [7, 11) is 0. The molecule has 0 bridgehead atoms. The number of benzene rings is 1. The normalized spacial score (nSPS) is 16.7. The van der Waals surface area contributed by atoms with Crippen LogP contribution < -0.4 is 0 Å². The third-order valence-electron chi connectivity index (χ3n) is 4.38. The van der Waals surface area contributed by atoms with E-state index >= 15 is 0 Å². The molecule has 0 atom stereocenters. The Morgan fingerprint density at radius 1 is 1.15 bits per heavy atom. The Balaban J connectivity index is 2.03. The molecule has 27 heavy (non-hydrogen) atoms. The first-order chi connectivity index (χ1) is 12.6. The second-order valence-corrected chi connectivity index (χ2v) is 7.13. The molecule has 0 aliphatic carbocycles. The van der Waals surface area contributed by atoms with E-state index in [1.807, 2.05) is 0 Å². The lowest BCUT2D eigenvalue weighted by Crippen LogP contribution is -2.27. The fraction of sp³-hybridized carbons (Fsp3) is 0.263. The van der Waals surface area contributed by atoms with Gasteiger partial charge in [-0.15, -0.1) is 0 Å². The van der Waals surface area contributed by atoms with Gasteiger partial charge in [0.05, 0.1) is 10.5 Å². The fourth-order valence-electron chi connectivity index (χ4n) is 3.07. The predicted molar refractivity (Wildman–Crippen MR) is 98.6 cm³/mol. The molecule has 1 aromatic carbocycles. The minimum Gasteiger partial charge on any atom is -0.318 e. The van der Waals surface area contributed by atoms with Gasteiger partial charge in [-0.05, 0) is 68.4 Å². The van der Waals surface area contributed by atoms with Crippen molar-refractivity contribution in [3.8, 4) is 5.69 Å². The van der Waals surface area contributed by atoms with Crippen LogP contribution in [0.15, 0.2) is 35.2 Å². The number of imide groups is 1. The summed E-state index contributed by atoms with van der Waals surface area (Å²) < 4.78 is 40.7. The highest BCUT2D eigenvalue weighted by molar-refractivity contribution is 8.18. The lowest BCUT2D eigenvalue weighted by atomic mass is 10.2. The van der Waals surface area contributed by atoms with Crippen molar-refractivity contribution in [2.24, 2.45) is 0 Å². The van der Waals surface area contributed by atoms with E-state index in [1.165, 1.54) is 6.07 Å². The molecule has 8 heteroatoms. The highest BCUT2D eigenvalue weighted by atomic mass is 32.2. The zero-order chi connectivity index (χ0) is 19.9. The van der Waals surface area contributed by atoms with Crippen molar-refractivity contribution in [3.05, 3.63) is 57.8 Å². The molecule has 1 fully saturated rings. The number of hydrogen-bond acceptors (Lipinski definition) is 3. The van der Waals surface area contributed by atoms with E-state index in [9.17, 15) is 22.8 Å². The van der Waals surface area contributed by atoms with E-state index < -0.39 is 11.7 Å². The minimum atomic E-state index is -4.42. The first kappa shape index (κ1) is 19.3. The number of hydrogen-bond donors (Lipinski definition) is 0. The molecule has 0 spiro atoms.